The molecule has 6 heteroatoms. The van der Waals surface area contributed by atoms with Gasteiger partial charge in [-0.1, -0.05) is 11.6 Å². The maximum atomic E-state index is 10.5. The van der Waals surface area contributed by atoms with Gasteiger partial charge in [0.1, 0.15) is 5.15 Å². The number of nitrogens with one attached hydrogen (secondary N) is 1. The summed E-state index contributed by atoms with van der Waals surface area (Å²) in [6, 6.07) is 3.80. The lowest BCUT2D eigenvalue weighted by atomic mass is 10.0. The number of nitrogens with zero attached hydrogens (tertiary/aromatic N) is 2. The van der Waals surface area contributed by atoms with Crippen LogP contribution in [0.1, 0.15) is 12.8 Å². The van der Waals surface area contributed by atoms with Crippen molar-refractivity contribution in [3.05, 3.63) is 23.5 Å². The molecule has 1 fully saturated rings. The first-order chi connectivity index (χ1) is 8.15. The maximum absolute atomic E-state index is 10.5. The lowest BCUT2D eigenvalue weighted by Crippen LogP contribution is -2.44. The monoisotopic (exact) mass is 255 g/mol. The van der Waals surface area contributed by atoms with E-state index in [1.807, 2.05) is 12.1 Å². The number of aromatic nitrogens is 1. The zero-order valence-electron chi connectivity index (χ0n) is 9.27. The molecule has 0 radical (unpaired) electrons. The highest BCUT2D eigenvalue weighted by atomic mass is 35.5. The van der Waals surface area contributed by atoms with Crippen LogP contribution in [0.25, 0.3) is 0 Å². The second kappa shape index (κ2) is 5.23. The molecule has 2 rings (SSSR count). The van der Waals surface area contributed by atoms with E-state index in [1.165, 1.54) is 0 Å². The van der Waals surface area contributed by atoms with Crippen LogP contribution in [0.15, 0.2) is 18.3 Å². The number of carboxylic acid groups (broad SMARTS) is 1. The van der Waals surface area contributed by atoms with Gasteiger partial charge in [-0.3, -0.25) is 0 Å². The molecular weight excluding hydrogens is 242 g/mol. The Hall–Kier alpha value is -1.49. The van der Waals surface area contributed by atoms with E-state index in [0.717, 1.165) is 31.6 Å². The quantitative estimate of drug-likeness (QED) is 0.793. The Morgan fingerprint density at radius 1 is 1.53 bits per heavy atom. The standard InChI is InChI=1S/C11H14ClN3O2/c12-10-7-9(1-4-13-10)15-5-2-8(3-6-15)14-11(16)17/h1,4,7-8,14H,2-3,5-6H2,(H,16,17). The molecule has 1 saturated heterocycles. The summed E-state index contributed by atoms with van der Waals surface area (Å²) in [6.07, 6.45) is 2.35. The predicted octanol–water partition coefficient (Wildman–Crippen LogP) is 1.97. The molecule has 0 aliphatic carbocycles. The van der Waals surface area contributed by atoms with Crippen molar-refractivity contribution in [2.24, 2.45) is 0 Å². The molecule has 0 saturated carbocycles. The van der Waals surface area contributed by atoms with E-state index in [2.05, 4.69) is 15.2 Å². The number of hydrogen-bond donors (Lipinski definition) is 2. The Balaban J connectivity index is 1.93. The van der Waals surface area contributed by atoms with Crippen LogP contribution < -0.4 is 10.2 Å². The number of pyridine rings is 1. The fraction of sp³-hybridized carbons (Fsp3) is 0.455. The van der Waals surface area contributed by atoms with Crippen LogP contribution in [0.4, 0.5) is 10.5 Å². The number of hydrogen-bond acceptors (Lipinski definition) is 3. The average molecular weight is 256 g/mol. The second-order valence-electron chi connectivity index (χ2n) is 4.05. The van der Waals surface area contributed by atoms with Crippen LogP contribution in [-0.4, -0.2) is 35.3 Å². The van der Waals surface area contributed by atoms with Gasteiger partial charge in [-0.15, -0.1) is 0 Å². The third-order valence-electron chi connectivity index (χ3n) is 2.90. The van der Waals surface area contributed by atoms with E-state index in [9.17, 15) is 4.79 Å². The van der Waals surface area contributed by atoms with Crippen molar-refractivity contribution in [3.63, 3.8) is 0 Å². The first kappa shape index (κ1) is 12.0. The van der Waals surface area contributed by atoms with E-state index in [0.29, 0.717) is 5.15 Å². The van der Waals surface area contributed by atoms with E-state index < -0.39 is 6.09 Å². The van der Waals surface area contributed by atoms with Crippen molar-refractivity contribution in [2.75, 3.05) is 18.0 Å². The summed E-state index contributed by atoms with van der Waals surface area (Å²) in [5, 5.41) is 11.6. The van der Waals surface area contributed by atoms with Crippen molar-refractivity contribution >= 4 is 23.4 Å². The van der Waals surface area contributed by atoms with Crippen LogP contribution in [0.5, 0.6) is 0 Å². The van der Waals surface area contributed by atoms with Gasteiger partial charge in [0.2, 0.25) is 0 Å². The summed E-state index contributed by atoms with van der Waals surface area (Å²) < 4.78 is 0. The largest absolute Gasteiger partial charge is 0.465 e. The van der Waals surface area contributed by atoms with E-state index in [4.69, 9.17) is 16.7 Å². The van der Waals surface area contributed by atoms with Gasteiger partial charge in [0.05, 0.1) is 0 Å². The molecule has 0 bridgehead atoms. The Kier molecular flexibility index (Phi) is 3.68. The van der Waals surface area contributed by atoms with Crippen molar-refractivity contribution < 1.29 is 9.90 Å². The third-order valence-corrected chi connectivity index (χ3v) is 3.10. The summed E-state index contributed by atoms with van der Waals surface area (Å²) in [5.41, 5.74) is 1.04. The molecule has 2 N–H and O–H groups in total. The van der Waals surface area contributed by atoms with Gasteiger partial charge in [-0.05, 0) is 25.0 Å². The second-order valence-corrected chi connectivity index (χ2v) is 4.43. The molecule has 0 atom stereocenters. The van der Waals surface area contributed by atoms with E-state index >= 15 is 0 Å². The number of amides is 1. The molecule has 1 aliphatic rings. The van der Waals surface area contributed by atoms with Gasteiger partial charge in [0.15, 0.2) is 0 Å². The SMILES string of the molecule is O=C(O)NC1CCN(c2ccnc(Cl)c2)CC1. The summed E-state index contributed by atoms with van der Waals surface area (Å²) >= 11 is 5.83. The predicted molar refractivity (Wildman–Crippen MR) is 65.6 cm³/mol. The molecule has 0 unspecified atom stereocenters. The molecule has 0 aromatic carbocycles. The van der Waals surface area contributed by atoms with Crippen LogP contribution >= 0.6 is 11.6 Å². The highest BCUT2D eigenvalue weighted by Crippen LogP contribution is 2.21. The molecular formula is C11H14ClN3O2. The van der Waals surface area contributed by atoms with Crippen LogP contribution in [0.2, 0.25) is 5.15 Å². The highest BCUT2D eigenvalue weighted by molar-refractivity contribution is 6.29. The summed E-state index contributed by atoms with van der Waals surface area (Å²) in [6.45, 7) is 1.65. The topological polar surface area (TPSA) is 65.5 Å². The van der Waals surface area contributed by atoms with Crippen molar-refractivity contribution in [1.82, 2.24) is 10.3 Å². The molecule has 2 heterocycles. The molecule has 17 heavy (non-hydrogen) atoms. The number of carbonyl (C=O) groups is 1. The fourth-order valence-corrected chi connectivity index (χ4v) is 2.21. The number of rotatable bonds is 2. The lowest BCUT2D eigenvalue weighted by molar-refractivity contribution is 0.187. The average Bonchev–Trinajstić information content (AvgIpc) is 2.29. The lowest BCUT2D eigenvalue weighted by Gasteiger charge is -2.33. The van der Waals surface area contributed by atoms with Crippen LogP contribution in [0.3, 0.4) is 0 Å². The Bertz CT molecular complexity index is 405. The van der Waals surface area contributed by atoms with E-state index in [1.54, 1.807) is 6.20 Å². The van der Waals surface area contributed by atoms with Gasteiger partial charge in [-0.2, -0.15) is 0 Å². The van der Waals surface area contributed by atoms with Gasteiger partial charge in [-0.25, -0.2) is 9.78 Å². The smallest absolute Gasteiger partial charge is 0.404 e. The minimum absolute atomic E-state index is 0.0565. The third kappa shape index (κ3) is 3.23. The zero-order chi connectivity index (χ0) is 12.3. The van der Waals surface area contributed by atoms with Gasteiger partial charge >= 0.3 is 6.09 Å². The first-order valence-electron chi connectivity index (χ1n) is 5.51. The number of piperidine rings is 1. The minimum atomic E-state index is -0.949. The Morgan fingerprint density at radius 2 is 2.24 bits per heavy atom. The van der Waals surface area contributed by atoms with Gasteiger partial charge in [0, 0.05) is 31.0 Å². The molecule has 1 aromatic rings. The molecule has 92 valence electrons. The number of anilines is 1. The minimum Gasteiger partial charge on any atom is -0.465 e. The Labute approximate surface area is 104 Å². The van der Waals surface area contributed by atoms with Crippen molar-refractivity contribution in [2.45, 2.75) is 18.9 Å². The summed E-state index contributed by atoms with van der Waals surface area (Å²) in [4.78, 5) is 16.6. The van der Waals surface area contributed by atoms with Crippen molar-refractivity contribution in [1.29, 1.82) is 0 Å². The fourth-order valence-electron chi connectivity index (χ4n) is 2.05. The summed E-state index contributed by atoms with van der Waals surface area (Å²) in [7, 11) is 0. The molecule has 1 aromatic heterocycles. The molecule has 5 nitrogen and oxygen atoms in total. The normalized spacial score (nSPS) is 16.9. The van der Waals surface area contributed by atoms with Crippen molar-refractivity contribution in [3.8, 4) is 0 Å². The van der Waals surface area contributed by atoms with Gasteiger partial charge in [0.25, 0.3) is 0 Å². The van der Waals surface area contributed by atoms with Crippen LogP contribution in [-0.2, 0) is 0 Å². The van der Waals surface area contributed by atoms with Gasteiger partial charge < -0.3 is 15.3 Å². The maximum Gasteiger partial charge on any atom is 0.404 e. The van der Waals surface area contributed by atoms with E-state index in [-0.39, 0.29) is 6.04 Å². The highest BCUT2D eigenvalue weighted by Gasteiger charge is 2.20. The first-order valence-corrected chi connectivity index (χ1v) is 5.89. The Morgan fingerprint density at radius 3 is 2.82 bits per heavy atom. The number of halogens is 1. The zero-order valence-corrected chi connectivity index (χ0v) is 10.0. The molecule has 1 amide bonds. The van der Waals surface area contributed by atoms with Crippen LogP contribution in [0, 0.1) is 0 Å². The molecule has 0 spiro atoms. The summed E-state index contributed by atoms with van der Waals surface area (Å²) in [5.74, 6) is 0. The molecule has 1 aliphatic heterocycles.